The Labute approximate surface area is 110 Å². The summed E-state index contributed by atoms with van der Waals surface area (Å²) in [5, 5.41) is 2.19. The van der Waals surface area contributed by atoms with Gasteiger partial charge in [0.15, 0.2) is 0 Å². The third-order valence-electron chi connectivity index (χ3n) is 3.13. The van der Waals surface area contributed by atoms with E-state index in [0.717, 1.165) is 16.2 Å². The molecule has 1 aliphatic heterocycles. The first-order valence-corrected chi connectivity index (χ1v) is 5.91. The summed E-state index contributed by atoms with van der Waals surface area (Å²) >= 11 is 0. The van der Waals surface area contributed by atoms with Crippen molar-refractivity contribution in [3.63, 3.8) is 0 Å². The maximum atomic E-state index is 12.2. The standard InChI is InChI=1S/C13H15N3O3/c1-8-4-5-9(6-14-8)7-16-11(18)13(2,3)10(17)15-12(16)19/h4-6H,7H2,1-3H3,(H,15,17,19). The molecule has 2 heterocycles. The smallest absolute Gasteiger partial charge is 0.277 e. The normalized spacial score (nSPS) is 18.5. The number of hydrogen-bond donors (Lipinski definition) is 1. The van der Waals surface area contributed by atoms with Crippen LogP contribution in [0.1, 0.15) is 25.1 Å². The number of pyridine rings is 1. The molecule has 6 heteroatoms. The molecule has 19 heavy (non-hydrogen) atoms. The predicted molar refractivity (Wildman–Crippen MR) is 66.8 cm³/mol. The predicted octanol–water partition coefficient (Wildman–Crippen LogP) is 0.995. The number of amides is 4. The van der Waals surface area contributed by atoms with E-state index in [-0.39, 0.29) is 6.54 Å². The molecule has 0 aliphatic carbocycles. The van der Waals surface area contributed by atoms with Crippen LogP contribution in [-0.2, 0) is 16.1 Å². The number of urea groups is 1. The highest BCUT2D eigenvalue weighted by atomic mass is 16.2. The van der Waals surface area contributed by atoms with Gasteiger partial charge in [0.1, 0.15) is 5.41 Å². The van der Waals surface area contributed by atoms with Crippen LogP contribution in [0.15, 0.2) is 18.3 Å². The quantitative estimate of drug-likeness (QED) is 0.805. The largest absolute Gasteiger partial charge is 0.331 e. The molecule has 6 nitrogen and oxygen atoms in total. The summed E-state index contributed by atoms with van der Waals surface area (Å²) in [5.41, 5.74) is 0.361. The summed E-state index contributed by atoms with van der Waals surface area (Å²) < 4.78 is 0. The summed E-state index contributed by atoms with van der Waals surface area (Å²) in [7, 11) is 0. The van der Waals surface area contributed by atoms with Crippen LogP contribution < -0.4 is 5.32 Å². The number of aromatic nitrogens is 1. The van der Waals surface area contributed by atoms with Gasteiger partial charge in [-0.25, -0.2) is 4.79 Å². The van der Waals surface area contributed by atoms with Gasteiger partial charge in [0.25, 0.3) is 0 Å². The average Bonchev–Trinajstić information content (AvgIpc) is 2.35. The first-order valence-electron chi connectivity index (χ1n) is 5.91. The SMILES string of the molecule is Cc1ccc(CN2C(=O)NC(=O)C(C)(C)C2=O)cn1. The molecule has 1 N–H and O–H groups in total. The zero-order valence-electron chi connectivity index (χ0n) is 11.1. The number of hydrogen-bond acceptors (Lipinski definition) is 4. The van der Waals surface area contributed by atoms with Crippen molar-refractivity contribution in [2.45, 2.75) is 27.3 Å². The Bertz CT molecular complexity index is 549. The van der Waals surface area contributed by atoms with E-state index in [9.17, 15) is 14.4 Å². The van der Waals surface area contributed by atoms with Crippen molar-refractivity contribution in [2.24, 2.45) is 5.41 Å². The summed E-state index contributed by atoms with van der Waals surface area (Å²) in [5.74, 6) is -1.07. The highest BCUT2D eigenvalue weighted by Crippen LogP contribution is 2.24. The van der Waals surface area contributed by atoms with Gasteiger partial charge < -0.3 is 0 Å². The molecule has 1 aromatic heterocycles. The van der Waals surface area contributed by atoms with Crippen LogP contribution in [0, 0.1) is 12.3 Å². The molecule has 0 spiro atoms. The molecule has 1 saturated heterocycles. The molecule has 1 aromatic rings. The molecule has 1 fully saturated rings. The van der Waals surface area contributed by atoms with E-state index in [4.69, 9.17) is 0 Å². The maximum absolute atomic E-state index is 12.2. The van der Waals surface area contributed by atoms with Gasteiger partial charge in [0.2, 0.25) is 11.8 Å². The zero-order valence-corrected chi connectivity index (χ0v) is 11.1. The number of carbonyl (C=O) groups excluding carboxylic acids is 3. The lowest BCUT2D eigenvalue weighted by atomic mass is 9.88. The number of rotatable bonds is 2. The summed E-state index contributed by atoms with van der Waals surface area (Å²) in [6.45, 7) is 4.95. The Balaban J connectivity index is 2.24. The molecule has 0 bridgehead atoms. The lowest BCUT2D eigenvalue weighted by molar-refractivity contribution is -0.149. The third kappa shape index (κ3) is 2.33. The molecule has 0 unspecified atom stereocenters. The van der Waals surface area contributed by atoms with Gasteiger partial charge in [-0.05, 0) is 32.4 Å². The second kappa shape index (κ2) is 4.46. The number of nitrogens with zero attached hydrogens (tertiary/aromatic N) is 2. The minimum atomic E-state index is -1.23. The van der Waals surface area contributed by atoms with Crippen molar-refractivity contribution < 1.29 is 14.4 Å². The Kier molecular flexibility index (Phi) is 3.09. The summed E-state index contributed by atoms with van der Waals surface area (Å²) in [4.78, 5) is 40.6. The number of carbonyl (C=O) groups is 3. The Morgan fingerprint density at radius 3 is 2.53 bits per heavy atom. The van der Waals surface area contributed by atoms with Gasteiger partial charge in [0, 0.05) is 11.9 Å². The van der Waals surface area contributed by atoms with E-state index in [1.54, 1.807) is 18.3 Å². The molecule has 2 rings (SSSR count). The van der Waals surface area contributed by atoms with Gasteiger partial charge in [-0.15, -0.1) is 0 Å². The van der Waals surface area contributed by atoms with Crippen LogP contribution in [0.25, 0.3) is 0 Å². The average molecular weight is 261 g/mol. The van der Waals surface area contributed by atoms with Crippen LogP contribution in [-0.4, -0.2) is 27.7 Å². The number of nitrogens with one attached hydrogen (secondary N) is 1. The van der Waals surface area contributed by atoms with E-state index in [0.29, 0.717) is 0 Å². The number of imide groups is 2. The van der Waals surface area contributed by atoms with Crippen LogP contribution in [0.4, 0.5) is 4.79 Å². The van der Waals surface area contributed by atoms with Crippen LogP contribution in [0.5, 0.6) is 0 Å². The molecule has 0 saturated carbocycles. The van der Waals surface area contributed by atoms with Gasteiger partial charge in [0.05, 0.1) is 6.54 Å². The first kappa shape index (κ1) is 13.2. The third-order valence-corrected chi connectivity index (χ3v) is 3.13. The fourth-order valence-electron chi connectivity index (χ4n) is 1.77. The lowest BCUT2D eigenvalue weighted by Crippen LogP contribution is -2.61. The zero-order chi connectivity index (χ0) is 14.2. The van der Waals surface area contributed by atoms with Crippen molar-refractivity contribution >= 4 is 17.8 Å². The summed E-state index contributed by atoms with van der Waals surface area (Å²) in [6, 6.07) is 2.92. The van der Waals surface area contributed by atoms with Crippen LogP contribution >= 0.6 is 0 Å². The molecule has 0 aromatic carbocycles. The monoisotopic (exact) mass is 261 g/mol. The first-order chi connectivity index (χ1) is 8.82. The fraction of sp³-hybridized carbons (Fsp3) is 0.385. The second-order valence-electron chi connectivity index (χ2n) is 5.08. The van der Waals surface area contributed by atoms with Crippen LogP contribution in [0.3, 0.4) is 0 Å². The molecular formula is C13H15N3O3. The lowest BCUT2D eigenvalue weighted by Gasteiger charge is -2.34. The summed E-state index contributed by atoms with van der Waals surface area (Å²) in [6.07, 6.45) is 1.61. The minimum absolute atomic E-state index is 0.106. The minimum Gasteiger partial charge on any atom is -0.277 e. The van der Waals surface area contributed by atoms with Gasteiger partial charge in [-0.3, -0.25) is 24.8 Å². The number of aryl methyl sites for hydroxylation is 1. The molecule has 0 radical (unpaired) electrons. The van der Waals surface area contributed by atoms with Crippen molar-refractivity contribution in [3.8, 4) is 0 Å². The van der Waals surface area contributed by atoms with E-state index in [1.807, 2.05) is 6.92 Å². The molecule has 1 aliphatic rings. The van der Waals surface area contributed by atoms with Crippen molar-refractivity contribution in [2.75, 3.05) is 0 Å². The van der Waals surface area contributed by atoms with Gasteiger partial charge >= 0.3 is 6.03 Å². The van der Waals surface area contributed by atoms with E-state index in [1.165, 1.54) is 13.8 Å². The van der Waals surface area contributed by atoms with Crippen molar-refractivity contribution in [1.82, 2.24) is 15.2 Å². The van der Waals surface area contributed by atoms with Crippen molar-refractivity contribution in [1.29, 1.82) is 0 Å². The van der Waals surface area contributed by atoms with Crippen molar-refractivity contribution in [3.05, 3.63) is 29.6 Å². The number of barbiturate groups is 1. The molecule has 0 atom stereocenters. The fourth-order valence-corrected chi connectivity index (χ4v) is 1.77. The Morgan fingerprint density at radius 1 is 1.26 bits per heavy atom. The van der Waals surface area contributed by atoms with E-state index in [2.05, 4.69) is 10.3 Å². The molecule has 100 valence electrons. The molecular weight excluding hydrogens is 246 g/mol. The van der Waals surface area contributed by atoms with Gasteiger partial charge in [-0.1, -0.05) is 6.07 Å². The second-order valence-corrected chi connectivity index (χ2v) is 5.08. The maximum Gasteiger partial charge on any atom is 0.331 e. The van der Waals surface area contributed by atoms with E-state index >= 15 is 0 Å². The van der Waals surface area contributed by atoms with Crippen LogP contribution in [0.2, 0.25) is 0 Å². The Morgan fingerprint density at radius 2 is 1.95 bits per heavy atom. The van der Waals surface area contributed by atoms with Gasteiger partial charge in [-0.2, -0.15) is 0 Å². The highest BCUT2D eigenvalue weighted by molar-refractivity contribution is 6.18. The van der Waals surface area contributed by atoms with E-state index < -0.39 is 23.3 Å². The molecule has 4 amide bonds. The topological polar surface area (TPSA) is 79.4 Å². The highest BCUT2D eigenvalue weighted by Gasteiger charge is 2.46. The Hall–Kier alpha value is -2.24.